The SMILES string of the molecule is Cc1ccc(-n2cccc2C=O)c(C)c1. The quantitative estimate of drug-likeness (QED) is 0.681. The Morgan fingerprint density at radius 2 is 2.00 bits per heavy atom. The average molecular weight is 199 g/mol. The Kier molecular flexibility index (Phi) is 2.42. The van der Waals surface area contributed by atoms with Crippen LogP contribution in [0.15, 0.2) is 36.5 Å². The lowest BCUT2D eigenvalue weighted by atomic mass is 10.1. The molecule has 0 aliphatic heterocycles. The Labute approximate surface area is 89.2 Å². The van der Waals surface area contributed by atoms with Gasteiger partial charge < -0.3 is 4.57 Å². The molecule has 0 atom stereocenters. The topological polar surface area (TPSA) is 22.0 Å². The highest BCUT2D eigenvalue weighted by Crippen LogP contribution is 2.17. The molecule has 2 heteroatoms. The monoisotopic (exact) mass is 199 g/mol. The maximum absolute atomic E-state index is 10.8. The predicted octanol–water partition coefficient (Wildman–Crippen LogP) is 2.91. The first-order valence-electron chi connectivity index (χ1n) is 4.92. The normalized spacial score (nSPS) is 10.3. The number of hydrogen-bond acceptors (Lipinski definition) is 1. The van der Waals surface area contributed by atoms with Crippen LogP contribution in [0.4, 0.5) is 0 Å². The van der Waals surface area contributed by atoms with Crippen LogP contribution in [0.2, 0.25) is 0 Å². The van der Waals surface area contributed by atoms with E-state index in [9.17, 15) is 4.79 Å². The van der Waals surface area contributed by atoms with E-state index in [0.717, 1.165) is 12.0 Å². The van der Waals surface area contributed by atoms with Gasteiger partial charge in [-0.15, -0.1) is 0 Å². The number of carbonyl (C=O) groups is 1. The van der Waals surface area contributed by atoms with Gasteiger partial charge in [-0.25, -0.2) is 0 Å². The molecule has 1 heterocycles. The van der Waals surface area contributed by atoms with Gasteiger partial charge in [0.15, 0.2) is 6.29 Å². The number of benzene rings is 1. The molecular formula is C13H13NO. The van der Waals surface area contributed by atoms with Crippen molar-refractivity contribution in [3.8, 4) is 5.69 Å². The standard InChI is InChI=1S/C13H13NO/c1-10-5-6-13(11(2)8-10)14-7-3-4-12(14)9-15/h3-9H,1-2H3. The number of aldehydes is 1. The minimum Gasteiger partial charge on any atom is -0.314 e. The van der Waals surface area contributed by atoms with E-state index in [-0.39, 0.29) is 0 Å². The van der Waals surface area contributed by atoms with Gasteiger partial charge >= 0.3 is 0 Å². The second-order valence-corrected chi connectivity index (χ2v) is 3.71. The van der Waals surface area contributed by atoms with E-state index < -0.39 is 0 Å². The molecule has 0 saturated heterocycles. The fourth-order valence-electron chi connectivity index (χ4n) is 1.79. The number of aromatic nitrogens is 1. The smallest absolute Gasteiger partial charge is 0.166 e. The van der Waals surface area contributed by atoms with Crippen molar-refractivity contribution >= 4 is 6.29 Å². The van der Waals surface area contributed by atoms with Gasteiger partial charge in [-0.1, -0.05) is 17.7 Å². The molecule has 0 N–H and O–H groups in total. The minimum atomic E-state index is 0.682. The summed E-state index contributed by atoms with van der Waals surface area (Å²) in [4.78, 5) is 10.8. The zero-order valence-electron chi connectivity index (χ0n) is 8.90. The summed E-state index contributed by atoms with van der Waals surface area (Å²) >= 11 is 0. The molecule has 2 rings (SSSR count). The Hall–Kier alpha value is -1.83. The summed E-state index contributed by atoms with van der Waals surface area (Å²) in [5.41, 5.74) is 4.15. The van der Waals surface area contributed by atoms with E-state index >= 15 is 0 Å². The number of rotatable bonds is 2. The average Bonchev–Trinajstić information content (AvgIpc) is 2.65. The van der Waals surface area contributed by atoms with Crippen LogP contribution in [-0.2, 0) is 0 Å². The zero-order chi connectivity index (χ0) is 10.8. The fraction of sp³-hybridized carbons (Fsp3) is 0.154. The summed E-state index contributed by atoms with van der Waals surface area (Å²) in [7, 11) is 0. The highest BCUT2D eigenvalue weighted by molar-refractivity contribution is 5.74. The number of hydrogen-bond donors (Lipinski definition) is 0. The van der Waals surface area contributed by atoms with Gasteiger partial charge in [0.2, 0.25) is 0 Å². The van der Waals surface area contributed by atoms with Crippen molar-refractivity contribution in [1.29, 1.82) is 0 Å². The Morgan fingerprint density at radius 1 is 1.20 bits per heavy atom. The van der Waals surface area contributed by atoms with Crippen molar-refractivity contribution in [2.45, 2.75) is 13.8 Å². The van der Waals surface area contributed by atoms with E-state index in [2.05, 4.69) is 26.0 Å². The van der Waals surface area contributed by atoms with Crippen LogP contribution in [-0.4, -0.2) is 10.9 Å². The maximum Gasteiger partial charge on any atom is 0.166 e. The van der Waals surface area contributed by atoms with Crippen molar-refractivity contribution in [2.24, 2.45) is 0 Å². The summed E-state index contributed by atoms with van der Waals surface area (Å²) in [6, 6.07) is 9.90. The van der Waals surface area contributed by atoms with Gasteiger partial charge in [-0.3, -0.25) is 4.79 Å². The first-order chi connectivity index (χ1) is 7.22. The molecule has 0 saturated carbocycles. The second kappa shape index (κ2) is 3.73. The largest absolute Gasteiger partial charge is 0.314 e. The van der Waals surface area contributed by atoms with Crippen LogP contribution in [0.25, 0.3) is 5.69 Å². The first-order valence-corrected chi connectivity index (χ1v) is 4.92. The third-order valence-corrected chi connectivity index (χ3v) is 2.51. The van der Waals surface area contributed by atoms with Gasteiger partial charge in [-0.2, -0.15) is 0 Å². The fourth-order valence-corrected chi connectivity index (χ4v) is 1.79. The van der Waals surface area contributed by atoms with Crippen LogP contribution in [0.5, 0.6) is 0 Å². The maximum atomic E-state index is 10.8. The van der Waals surface area contributed by atoms with E-state index in [1.165, 1.54) is 11.1 Å². The van der Waals surface area contributed by atoms with Crippen molar-refractivity contribution < 1.29 is 4.79 Å². The second-order valence-electron chi connectivity index (χ2n) is 3.71. The zero-order valence-corrected chi connectivity index (χ0v) is 8.90. The van der Waals surface area contributed by atoms with Gasteiger partial charge in [0.05, 0.1) is 5.69 Å². The summed E-state index contributed by atoms with van der Waals surface area (Å²) in [6.07, 6.45) is 2.78. The molecule has 0 unspecified atom stereocenters. The van der Waals surface area contributed by atoms with E-state index in [0.29, 0.717) is 5.69 Å². The number of carbonyl (C=O) groups excluding carboxylic acids is 1. The third kappa shape index (κ3) is 1.71. The summed E-state index contributed by atoms with van der Waals surface area (Å²) in [6.45, 7) is 4.12. The van der Waals surface area contributed by atoms with Crippen molar-refractivity contribution in [3.05, 3.63) is 53.3 Å². The molecule has 76 valence electrons. The molecule has 1 aromatic heterocycles. The molecule has 2 nitrogen and oxygen atoms in total. The van der Waals surface area contributed by atoms with Crippen molar-refractivity contribution in [2.75, 3.05) is 0 Å². The van der Waals surface area contributed by atoms with Crippen molar-refractivity contribution in [1.82, 2.24) is 4.57 Å². The molecule has 0 spiro atoms. The van der Waals surface area contributed by atoms with Crippen LogP contribution in [0.1, 0.15) is 21.6 Å². The third-order valence-electron chi connectivity index (χ3n) is 2.51. The van der Waals surface area contributed by atoms with Crippen LogP contribution < -0.4 is 0 Å². The van der Waals surface area contributed by atoms with Gasteiger partial charge in [0.25, 0.3) is 0 Å². The predicted molar refractivity (Wildman–Crippen MR) is 60.6 cm³/mol. The molecule has 1 aromatic carbocycles. The highest BCUT2D eigenvalue weighted by atomic mass is 16.1. The summed E-state index contributed by atoms with van der Waals surface area (Å²) in [5.74, 6) is 0. The highest BCUT2D eigenvalue weighted by Gasteiger charge is 2.04. The van der Waals surface area contributed by atoms with Crippen LogP contribution in [0.3, 0.4) is 0 Å². The van der Waals surface area contributed by atoms with Gasteiger partial charge in [0, 0.05) is 11.9 Å². The minimum absolute atomic E-state index is 0.682. The molecule has 0 aliphatic carbocycles. The molecule has 0 fully saturated rings. The molecule has 0 bridgehead atoms. The van der Waals surface area contributed by atoms with Gasteiger partial charge in [0.1, 0.15) is 0 Å². The lowest BCUT2D eigenvalue weighted by molar-refractivity contribution is 0.111. The van der Waals surface area contributed by atoms with Crippen LogP contribution >= 0.6 is 0 Å². The molecule has 0 aliphatic rings. The Bertz CT molecular complexity index is 497. The molecule has 0 amide bonds. The molecule has 2 aromatic rings. The van der Waals surface area contributed by atoms with E-state index in [4.69, 9.17) is 0 Å². The lowest BCUT2D eigenvalue weighted by Crippen LogP contribution is -1.99. The Balaban J connectivity index is 2.59. The lowest BCUT2D eigenvalue weighted by Gasteiger charge is -2.09. The van der Waals surface area contributed by atoms with Crippen LogP contribution in [0, 0.1) is 13.8 Å². The molecular weight excluding hydrogens is 186 g/mol. The Morgan fingerprint density at radius 3 is 2.67 bits per heavy atom. The summed E-state index contributed by atoms with van der Waals surface area (Å²) in [5, 5.41) is 0. The molecule has 15 heavy (non-hydrogen) atoms. The van der Waals surface area contributed by atoms with E-state index in [1.54, 1.807) is 0 Å². The summed E-state index contributed by atoms with van der Waals surface area (Å²) < 4.78 is 1.90. The van der Waals surface area contributed by atoms with Crippen molar-refractivity contribution in [3.63, 3.8) is 0 Å². The number of aryl methyl sites for hydroxylation is 2. The molecule has 0 radical (unpaired) electrons. The number of nitrogens with zero attached hydrogens (tertiary/aromatic N) is 1. The van der Waals surface area contributed by atoms with Gasteiger partial charge in [-0.05, 0) is 37.6 Å². The first kappa shape index (κ1) is 9.71. The van der Waals surface area contributed by atoms with E-state index in [1.807, 2.05) is 29.0 Å².